The third-order valence-electron chi connectivity index (χ3n) is 3.36. The summed E-state index contributed by atoms with van der Waals surface area (Å²) in [5.74, 6) is 0.746. The number of nitrogens with zero attached hydrogens (tertiary/aromatic N) is 1. The van der Waals surface area contributed by atoms with Gasteiger partial charge in [-0.1, -0.05) is 48.5 Å². The van der Waals surface area contributed by atoms with Gasteiger partial charge in [0.25, 0.3) is 5.91 Å². The van der Waals surface area contributed by atoms with E-state index in [4.69, 9.17) is 9.88 Å². The summed E-state index contributed by atoms with van der Waals surface area (Å²) in [5, 5.41) is 4.59. The van der Waals surface area contributed by atoms with E-state index in [9.17, 15) is 4.79 Å². The van der Waals surface area contributed by atoms with Gasteiger partial charge in [0.2, 0.25) is 0 Å². The van der Waals surface area contributed by atoms with Crippen LogP contribution in [-0.4, -0.2) is 28.8 Å². The summed E-state index contributed by atoms with van der Waals surface area (Å²) in [4.78, 5) is 22.8. The van der Waals surface area contributed by atoms with Gasteiger partial charge in [-0.2, -0.15) is 0 Å². The fourth-order valence-corrected chi connectivity index (χ4v) is 3.17. The van der Waals surface area contributed by atoms with Crippen LogP contribution >= 0.6 is 11.8 Å². The highest BCUT2D eigenvalue weighted by atomic mass is 32.2. The molecule has 1 heterocycles. The molecule has 1 fully saturated rings. The molecule has 0 bridgehead atoms. The van der Waals surface area contributed by atoms with Crippen molar-refractivity contribution in [3.63, 3.8) is 0 Å². The quantitative estimate of drug-likeness (QED) is 0.652. The third-order valence-corrected chi connectivity index (χ3v) is 4.44. The Balaban J connectivity index is 1.49. The Morgan fingerprint density at radius 2 is 1.83 bits per heavy atom. The lowest BCUT2D eigenvalue weighted by Gasteiger charge is -2.22. The first-order valence-electron chi connectivity index (χ1n) is 7.40. The van der Waals surface area contributed by atoms with Crippen molar-refractivity contribution in [1.82, 2.24) is 10.4 Å². The molecule has 0 radical (unpaired) electrons. The van der Waals surface area contributed by atoms with Crippen LogP contribution in [0.5, 0.6) is 0 Å². The molecule has 0 aromatic heterocycles. The molecule has 1 aliphatic rings. The van der Waals surface area contributed by atoms with Crippen molar-refractivity contribution < 1.29 is 14.7 Å². The number of nitrogens with one attached hydrogen (secondary N) is 1. The van der Waals surface area contributed by atoms with E-state index in [2.05, 4.69) is 5.32 Å². The van der Waals surface area contributed by atoms with Crippen LogP contribution in [0.25, 0.3) is 0 Å². The van der Waals surface area contributed by atoms with Crippen LogP contribution in [-0.2, 0) is 16.5 Å². The molecule has 1 amide bonds. The van der Waals surface area contributed by atoms with Gasteiger partial charge in [-0.15, -0.1) is 21.8 Å². The molecule has 23 heavy (non-hydrogen) atoms. The molecule has 2 aromatic rings. The Hall–Kier alpha value is -1.86. The summed E-state index contributed by atoms with van der Waals surface area (Å²) >= 11 is 1.61. The Bertz CT molecular complexity index is 624. The van der Waals surface area contributed by atoms with Crippen LogP contribution in [0.15, 0.2) is 60.7 Å². The standard InChI is InChI=1S/C17H18N2O3S/c20-16(15-9-5-2-6-10-15)18-17-19(11-12-23-17)22-21-13-14-7-3-1-4-8-14/h1-10,17H,11-13H2,(H,18,20). The summed E-state index contributed by atoms with van der Waals surface area (Å²) in [7, 11) is 0. The van der Waals surface area contributed by atoms with Crippen LogP contribution in [0.3, 0.4) is 0 Å². The van der Waals surface area contributed by atoms with E-state index in [1.54, 1.807) is 29.0 Å². The fraction of sp³-hybridized carbons (Fsp3) is 0.235. The molecule has 5 nitrogen and oxygen atoms in total. The van der Waals surface area contributed by atoms with Gasteiger partial charge in [0.1, 0.15) is 6.61 Å². The molecule has 1 atom stereocenters. The molecule has 1 aliphatic heterocycles. The monoisotopic (exact) mass is 330 g/mol. The lowest BCUT2D eigenvalue weighted by molar-refractivity contribution is -0.434. The molecule has 1 N–H and O–H groups in total. The van der Waals surface area contributed by atoms with Gasteiger partial charge in [-0.3, -0.25) is 4.79 Å². The Kier molecular flexibility index (Phi) is 5.65. The maximum Gasteiger partial charge on any atom is 0.253 e. The van der Waals surface area contributed by atoms with E-state index >= 15 is 0 Å². The smallest absolute Gasteiger partial charge is 0.253 e. The van der Waals surface area contributed by atoms with Crippen LogP contribution in [0.1, 0.15) is 15.9 Å². The number of hydroxylamine groups is 2. The number of amides is 1. The largest absolute Gasteiger partial charge is 0.326 e. The van der Waals surface area contributed by atoms with Crippen LogP contribution in [0.4, 0.5) is 0 Å². The van der Waals surface area contributed by atoms with Gasteiger partial charge < -0.3 is 5.32 Å². The molecule has 0 saturated carbocycles. The number of benzene rings is 2. The molecule has 0 aliphatic carbocycles. The van der Waals surface area contributed by atoms with Crippen molar-refractivity contribution in [3.8, 4) is 0 Å². The van der Waals surface area contributed by atoms with Gasteiger partial charge >= 0.3 is 0 Å². The summed E-state index contributed by atoms with van der Waals surface area (Å²) in [6.07, 6.45) is 0. The average molecular weight is 330 g/mol. The van der Waals surface area contributed by atoms with Gasteiger partial charge in [0.15, 0.2) is 5.50 Å². The van der Waals surface area contributed by atoms with Crippen molar-refractivity contribution >= 4 is 17.7 Å². The van der Waals surface area contributed by atoms with Gasteiger partial charge in [-0.25, -0.2) is 4.89 Å². The number of rotatable bonds is 6. The van der Waals surface area contributed by atoms with Gasteiger partial charge in [0, 0.05) is 17.9 Å². The second-order valence-electron chi connectivity index (χ2n) is 5.03. The Morgan fingerprint density at radius 1 is 1.13 bits per heavy atom. The SMILES string of the molecule is O=C(NC1SCCN1OOCc1ccccc1)c1ccccc1. The first-order chi connectivity index (χ1) is 11.3. The molecule has 1 saturated heterocycles. The lowest BCUT2D eigenvalue weighted by atomic mass is 10.2. The average Bonchev–Trinajstić information content (AvgIpc) is 3.04. The van der Waals surface area contributed by atoms with E-state index in [1.165, 1.54) is 0 Å². The first-order valence-corrected chi connectivity index (χ1v) is 8.45. The minimum absolute atomic E-state index is 0.123. The highest BCUT2D eigenvalue weighted by molar-refractivity contribution is 8.00. The van der Waals surface area contributed by atoms with Crippen molar-refractivity contribution in [2.45, 2.75) is 12.1 Å². The number of hydrogen-bond donors (Lipinski definition) is 1. The summed E-state index contributed by atoms with van der Waals surface area (Å²) < 4.78 is 0. The second kappa shape index (κ2) is 8.12. The Labute approximate surface area is 139 Å². The van der Waals surface area contributed by atoms with Crippen molar-refractivity contribution in [2.75, 3.05) is 12.3 Å². The topological polar surface area (TPSA) is 50.8 Å². The fourth-order valence-electron chi connectivity index (χ4n) is 2.17. The predicted octanol–water partition coefficient (Wildman–Crippen LogP) is 2.81. The molecule has 0 spiro atoms. The van der Waals surface area contributed by atoms with Crippen LogP contribution in [0.2, 0.25) is 0 Å². The van der Waals surface area contributed by atoms with E-state index < -0.39 is 0 Å². The van der Waals surface area contributed by atoms with Crippen LogP contribution < -0.4 is 5.32 Å². The maximum atomic E-state index is 12.2. The number of carbonyl (C=O) groups excluding carboxylic acids is 1. The lowest BCUT2D eigenvalue weighted by Crippen LogP contribution is -2.42. The summed E-state index contributed by atoms with van der Waals surface area (Å²) in [6, 6.07) is 18.9. The molecule has 6 heteroatoms. The predicted molar refractivity (Wildman–Crippen MR) is 89.2 cm³/mol. The highest BCUT2D eigenvalue weighted by Gasteiger charge is 2.28. The molecule has 3 rings (SSSR count). The zero-order valence-corrected chi connectivity index (χ0v) is 13.4. The number of hydrogen-bond acceptors (Lipinski definition) is 5. The normalized spacial score (nSPS) is 18.0. The molecule has 2 aromatic carbocycles. The first kappa shape index (κ1) is 16.0. The van der Waals surface area contributed by atoms with Crippen LogP contribution in [0, 0.1) is 0 Å². The summed E-state index contributed by atoms with van der Waals surface area (Å²) in [6.45, 7) is 1.06. The molecular formula is C17H18N2O3S. The van der Waals surface area contributed by atoms with E-state index in [0.717, 1.165) is 11.3 Å². The number of thioether (sulfide) groups is 1. The van der Waals surface area contributed by atoms with Crippen molar-refractivity contribution in [1.29, 1.82) is 0 Å². The minimum Gasteiger partial charge on any atom is -0.326 e. The van der Waals surface area contributed by atoms with Gasteiger partial charge in [0.05, 0.1) is 0 Å². The van der Waals surface area contributed by atoms with E-state index in [0.29, 0.717) is 18.7 Å². The van der Waals surface area contributed by atoms with Crippen molar-refractivity contribution in [3.05, 3.63) is 71.8 Å². The van der Waals surface area contributed by atoms with Crippen molar-refractivity contribution in [2.24, 2.45) is 0 Å². The zero-order chi connectivity index (χ0) is 15.9. The maximum absolute atomic E-state index is 12.2. The minimum atomic E-state index is -0.251. The Morgan fingerprint density at radius 3 is 2.57 bits per heavy atom. The molecule has 1 unspecified atom stereocenters. The highest BCUT2D eigenvalue weighted by Crippen LogP contribution is 2.22. The second-order valence-corrected chi connectivity index (χ2v) is 6.21. The molecular weight excluding hydrogens is 312 g/mol. The molecule has 120 valence electrons. The van der Waals surface area contributed by atoms with E-state index in [1.807, 2.05) is 48.5 Å². The summed E-state index contributed by atoms with van der Waals surface area (Å²) in [5.41, 5.74) is 1.41. The van der Waals surface area contributed by atoms with Gasteiger partial charge in [-0.05, 0) is 17.7 Å². The zero-order valence-electron chi connectivity index (χ0n) is 12.6. The third kappa shape index (κ3) is 4.56. The number of carbonyl (C=O) groups is 1. The van der Waals surface area contributed by atoms with E-state index in [-0.39, 0.29) is 11.4 Å².